The third-order valence-electron chi connectivity index (χ3n) is 4.41. The van der Waals surface area contributed by atoms with Gasteiger partial charge in [-0.1, -0.05) is 37.3 Å². The van der Waals surface area contributed by atoms with Crippen LogP contribution in [-0.4, -0.2) is 24.2 Å². The number of benzene rings is 3. The van der Waals surface area contributed by atoms with Crippen LogP contribution in [0.15, 0.2) is 83.8 Å². The quantitative estimate of drug-likeness (QED) is 0.475. The predicted molar refractivity (Wildman–Crippen MR) is 122 cm³/mol. The first-order chi connectivity index (χ1) is 14.6. The molecule has 0 aliphatic heterocycles. The zero-order chi connectivity index (χ0) is 21.3. The summed E-state index contributed by atoms with van der Waals surface area (Å²) >= 11 is 1.48. The van der Waals surface area contributed by atoms with E-state index in [-0.39, 0.29) is 17.1 Å². The van der Waals surface area contributed by atoms with Crippen molar-refractivity contribution in [3.8, 4) is 5.75 Å². The maximum Gasteiger partial charge on any atom is 0.255 e. The molecular formula is C24H24N2O3S. The highest BCUT2D eigenvalue weighted by atomic mass is 32.2. The number of thioether (sulfide) groups is 1. The Hall–Kier alpha value is -3.25. The van der Waals surface area contributed by atoms with E-state index in [0.717, 1.165) is 10.6 Å². The van der Waals surface area contributed by atoms with Gasteiger partial charge in [-0.15, -0.1) is 11.8 Å². The van der Waals surface area contributed by atoms with Crippen LogP contribution in [0.5, 0.6) is 5.75 Å². The number of amides is 2. The standard InChI is InChI=1S/C24H24N2O3S/c1-3-22(24(28)25-18-10-5-4-6-11-18)30-21-14-8-12-19(16-21)26-23(27)17-9-7-13-20(15-17)29-2/h4-16,22H,3H2,1-2H3,(H,25,28)(H,26,27). The van der Waals surface area contributed by atoms with Gasteiger partial charge in [0.1, 0.15) is 5.75 Å². The van der Waals surface area contributed by atoms with Crippen LogP contribution in [0.1, 0.15) is 23.7 Å². The maximum absolute atomic E-state index is 12.6. The van der Waals surface area contributed by atoms with Gasteiger partial charge < -0.3 is 15.4 Å². The Bertz CT molecular complexity index is 1010. The second-order valence-electron chi connectivity index (χ2n) is 6.58. The van der Waals surface area contributed by atoms with E-state index in [1.807, 2.05) is 61.5 Å². The van der Waals surface area contributed by atoms with Crippen LogP contribution in [-0.2, 0) is 4.79 Å². The Labute approximate surface area is 180 Å². The van der Waals surface area contributed by atoms with Gasteiger partial charge >= 0.3 is 0 Å². The summed E-state index contributed by atoms with van der Waals surface area (Å²) in [4.78, 5) is 26.1. The van der Waals surface area contributed by atoms with Crippen LogP contribution in [0.2, 0.25) is 0 Å². The third-order valence-corrected chi connectivity index (χ3v) is 5.76. The van der Waals surface area contributed by atoms with Gasteiger partial charge in [0.05, 0.1) is 12.4 Å². The Kier molecular flexibility index (Phi) is 7.51. The normalized spacial score (nSPS) is 11.4. The van der Waals surface area contributed by atoms with Gasteiger partial charge in [-0.2, -0.15) is 0 Å². The molecule has 0 saturated heterocycles. The number of anilines is 2. The number of carbonyl (C=O) groups excluding carboxylic acids is 2. The highest BCUT2D eigenvalue weighted by Crippen LogP contribution is 2.29. The molecule has 30 heavy (non-hydrogen) atoms. The second-order valence-corrected chi connectivity index (χ2v) is 7.86. The Morgan fingerprint density at radius 3 is 2.37 bits per heavy atom. The van der Waals surface area contributed by atoms with Crippen molar-refractivity contribution in [3.05, 3.63) is 84.4 Å². The first-order valence-corrected chi connectivity index (χ1v) is 10.5. The number of nitrogens with one attached hydrogen (secondary N) is 2. The first kappa shape index (κ1) is 21.5. The summed E-state index contributed by atoms with van der Waals surface area (Å²) < 4.78 is 5.17. The minimum absolute atomic E-state index is 0.0421. The Morgan fingerprint density at radius 1 is 0.900 bits per heavy atom. The summed E-state index contributed by atoms with van der Waals surface area (Å²) in [5, 5.41) is 5.61. The number of hydrogen-bond donors (Lipinski definition) is 2. The molecule has 3 aromatic carbocycles. The number of hydrogen-bond acceptors (Lipinski definition) is 4. The Balaban J connectivity index is 1.66. The molecule has 0 heterocycles. The monoisotopic (exact) mass is 420 g/mol. The van der Waals surface area contributed by atoms with E-state index in [1.165, 1.54) is 11.8 Å². The number of methoxy groups -OCH3 is 1. The summed E-state index contributed by atoms with van der Waals surface area (Å²) in [7, 11) is 1.57. The van der Waals surface area contributed by atoms with Gasteiger partial charge in [0.25, 0.3) is 5.91 Å². The first-order valence-electron chi connectivity index (χ1n) is 9.67. The van der Waals surface area contributed by atoms with Gasteiger partial charge in [-0.05, 0) is 55.0 Å². The highest BCUT2D eigenvalue weighted by molar-refractivity contribution is 8.00. The van der Waals surface area contributed by atoms with Crippen molar-refractivity contribution >= 4 is 35.0 Å². The van der Waals surface area contributed by atoms with Crippen molar-refractivity contribution in [1.82, 2.24) is 0 Å². The van der Waals surface area contributed by atoms with Crippen molar-refractivity contribution in [1.29, 1.82) is 0 Å². The molecule has 5 nitrogen and oxygen atoms in total. The lowest BCUT2D eigenvalue weighted by Gasteiger charge is -2.15. The van der Waals surface area contributed by atoms with Crippen LogP contribution < -0.4 is 15.4 Å². The maximum atomic E-state index is 12.6. The van der Waals surface area contributed by atoms with Gasteiger partial charge in [0, 0.05) is 21.8 Å². The summed E-state index contributed by atoms with van der Waals surface area (Å²) in [6.45, 7) is 1.98. The number of ether oxygens (including phenoxy) is 1. The molecule has 0 radical (unpaired) electrons. The molecule has 0 spiro atoms. The molecule has 0 bridgehead atoms. The van der Waals surface area contributed by atoms with Crippen molar-refractivity contribution in [2.75, 3.05) is 17.7 Å². The van der Waals surface area contributed by atoms with Crippen molar-refractivity contribution in [2.24, 2.45) is 0 Å². The molecule has 0 saturated carbocycles. The fraction of sp³-hybridized carbons (Fsp3) is 0.167. The molecule has 154 valence electrons. The minimum Gasteiger partial charge on any atom is -0.497 e. The SMILES string of the molecule is CCC(Sc1cccc(NC(=O)c2cccc(OC)c2)c1)C(=O)Nc1ccccc1. The van der Waals surface area contributed by atoms with E-state index in [4.69, 9.17) is 4.74 Å². The summed E-state index contributed by atoms with van der Waals surface area (Å²) in [5.41, 5.74) is 1.97. The molecular weight excluding hydrogens is 396 g/mol. The summed E-state index contributed by atoms with van der Waals surface area (Å²) in [5.74, 6) is 0.367. The second kappa shape index (κ2) is 10.5. The number of rotatable bonds is 8. The summed E-state index contributed by atoms with van der Waals surface area (Å²) in [6, 6.07) is 23.9. The van der Waals surface area contributed by atoms with Crippen LogP contribution in [0, 0.1) is 0 Å². The van der Waals surface area contributed by atoms with Gasteiger partial charge in [0.2, 0.25) is 5.91 Å². The zero-order valence-corrected chi connectivity index (χ0v) is 17.7. The van der Waals surface area contributed by atoms with Gasteiger partial charge in [-0.25, -0.2) is 0 Å². The lowest BCUT2D eigenvalue weighted by atomic mass is 10.2. The molecule has 3 rings (SSSR count). The topological polar surface area (TPSA) is 67.4 Å². The van der Waals surface area contributed by atoms with Crippen molar-refractivity contribution in [3.63, 3.8) is 0 Å². The van der Waals surface area contributed by atoms with Crippen LogP contribution in [0.25, 0.3) is 0 Å². The molecule has 3 aromatic rings. The average molecular weight is 421 g/mol. The molecule has 1 unspecified atom stereocenters. The Morgan fingerprint density at radius 2 is 1.63 bits per heavy atom. The lowest BCUT2D eigenvalue weighted by molar-refractivity contribution is -0.115. The molecule has 1 atom stereocenters. The zero-order valence-electron chi connectivity index (χ0n) is 16.9. The lowest BCUT2D eigenvalue weighted by Crippen LogP contribution is -2.24. The summed E-state index contributed by atoms with van der Waals surface area (Å²) in [6.07, 6.45) is 0.684. The fourth-order valence-corrected chi connectivity index (χ4v) is 3.86. The van der Waals surface area contributed by atoms with Crippen molar-refractivity contribution < 1.29 is 14.3 Å². The molecule has 0 aliphatic carbocycles. The largest absolute Gasteiger partial charge is 0.497 e. The van der Waals surface area contributed by atoms with Gasteiger partial charge in [0.15, 0.2) is 0 Å². The van der Waals surface area contributed by atoms with E-state index in [2.05, 4.69) is 10.6 Å². The van der Waals surface area contributed by atoms with Crippen molar-refractivity contribution in [2.45, 2.75) is 23.5 Å². The highest BCUT2D eigenvalue weighted by Gasteiger charge is 2.18. The van der Waals surface area contributed by atoms with E-state index in [9.17, 15) is 9.59 Å². The molecule has 2 amide bonds. The molecule has 6 heteroatoms. The molecule has 0 aliphatic rings. The fourth-order valence-electron chi connectivity index (χ4n) is 2.85. The number of carbonyl (C=O) groups is 2. The average Bonchev–Trinajstić information content (AvgIpc) is 2.78. The number of para-hydroxylation sites is 1. The minimum atomic E-state index is -0.241. The molecule has 0 fully saturated rings. The van der Waals surface area contributed by atoms with Gasteiger partial charge in [-0.3, -0.25) is 9.59 Å². The van der Waals surface area contributed by atoms with E-state index >= 15 is 0 Å². The van der Waals surface area contributed by atoms with E-state index < -0.39 is 0 Å². The van der Waals surface area contributed by atoms with Crippen LogP contribution in [0.3, 0.4) is 0 Å². The van der Waals surface area contributed by atoms with Crippen LogP contribution >= 0.6 is 11.8 Å². The van der Waals surface area contributed by atoms with E-state index in [1.54, 1.807) is 31.4 Å². The smallest absolute Gasteiger partial charge is 0.255 e. The third kappa shape index (κ3) is 5.87. The van der Waals surface area contributed by atoms with E-state index in [0.29, 0.717) is 23.4 Å². The molecule has 0 aromatic heterocycles. The van der Waals surface area contributed by atoms with Crippen LogP contribution in [0.4, 0.5) is 11.4 Å². The molecule has 2 N–H and O–H groups in total. The predicted octanol–water partition coefficient (Wildman–Crippen LogP) is 5.46.